The van der Waals surface area contributed by atoms with Crippen molar-refractivity contribution < 1.29 is 9.53 Å². The minimum atomic E-state index is 0. The van der Waals surface area contributed by atoms with Crippen LogP contribution in [0.3, 0.4) is 0 Å². The van der Waals surface area contributed by atoms with Crippen LogP contribution in [0.4, 0.5) is 0 Å². The minimum absolute atomic E-state index is 0. The Morgan fingerprint density at radius 1 is 0.661 bits per heavy atom. The van der Waals surface area contributed by atoms with Gasteiger partial charge < -0.3 is 4.74 Å². The van der Waals surface area contributed by atoms with Crippen molar-refractivity contribution in [2.24, 2.45) is 64.1 Å². The van der Waals surface area contributed by atoms with Crippen LogP contribution in [-0.2, 0) is 9.53 Å². The molecular weight excluding hydrogens is 717 g/mol. The van der Waals surface area contributed by atoms with Gasteiger partial charge in [-0.05, 0) is 135 Å². The van der Waals surface area contributed by atoms with Crippen molar-refractivity contribution in [1.29, 1.82) is 0 Å². The number of hydrogen-bond donors (Lipinski definition) is 0. The molecule has 342 valence electrons. The Morgan fingerprint density at radius 3 is 1.93 bits per heavy atom. The molecule has 0 saturated heterocycles. The average molecular weight is 819 g/mol. The molecule has 0 heterocycles. The highest BCUT2D eigenvalue weighted by molar-refractivity contribution is 5.69. The third-order valence-corrected chi connectivity index (χ3v) is 18.3. The van der Waals surface area contributed by atoms with E-state index in [4.69, 9.17) is 4.74 Å². The van der Waals surface area contributed by atoms with Crippen molar-refractivity contribution >= 4 is 5.97 Å². The van der Waals surface area contributed by atoms with Crippen LogP contribution in [0.15, 0.2) is 23.3 Å². The number of esters is 1. The van der Waals surface area contributed by atoms with E-state index in [9.17, 15) is 4.79 Å². The second-order valence-electron chi connectivity index (χ2n) is 22.6. The van der Waals surface area contributed by atoms with Crippen LogP contribution in [0.1, 0.15) is 262 Å². The molecule has 0 amide bonds. The number of hydrogen-bond acceptors (Lipinski definition) is 2. The van der Waals surface area contributed by atoms with Gasteiger partial charge in [0.2, 0.25) is 0 Å². The normalized spacial score (nSPS) is 34.5. The van der Waals surface area contributed by atoms with E-state index in [-0.39, 0.29) is 24.9 Å². The summed E-state index contributed by atoms with van der Waals surface area (Å²) >= 11 is 0. The third kappa shape index (κ3) is 14.0. The van der Waals surface area contributed by atoms with Crippen molar-refractivity contribution in [1.82, 2.24) is 0 Å². The van der Waals surface area contributed by atoms with E-state index in [1.807, 2.05) is 0 Å². The van der Waals surface area contributed by atoms with Gasteiger partial charge in [-0.25, -0.2) is 0 Å². The fourth-order valence-corrected chi connectivity index (χ4v) is 14.3. The van der Waals surface area contributed by atoms with E-state index in [1.54, 1.807) is 49.7 Å². The average Bonchev–Trinajstić information content (AvgIpc) is 3.58. The molecule has 5 saturated carbocycles. The summed E-state index contributed by atoms with van der Waals surface area (Å²) in [5.74, 6) is 8.48. The second-order valence-corrected chi connectivity index (χ2v) is 22.6. The zero-order valence-electron chi connectivity index (χ0n) is 40.2. The molecule has 0 aromatic rings. The van der Waals surface area contributed by atoms with Gasteiger partial charge in [0.05, 0.1) is 0 Å². The number of carbonyl (C=O) groups excluding carboxylic acids is 1. The Bertz CT molecular complexity index is 1240. The van der Waals surface area contributed by atoms with Gasteiger partial charge in [-0.2, -0.15) is 0 Å². The lowest BCUT2D eigenvalue weighted by atomic mass is 9.50. The highest BCUT2D eigenvalue weighted by Gasteiger charge is 2.57. The maximum Gasteiger partial charge on any atom is 0.306 e. The molecule has 59 heavy (non-hydrogen) atoms. The van der Waals surface area contributed by atoms with Crippen LogP contribution in [0, 0.1) is 64.1 Å². The predicted octanol–water partition coefficient (Wildman–Crippen LogP) is 18.2. The summed E-state index contributed by atoms with van der Waals surface area (Å²) in [5.41, 5.74) is 4.12. The Balaban J connectivity index is 0.000000322. The molecule has 7 atom stereocenters. The van der Waals surface area contributed by atoms with E-state index in [0.717, 1.165) is 66.6 Å². The molecule has 0 aliphatic heterocycles. The Morgan fingerprint density at radius 2 is 1.29 bits per heavy atom. The minimum Gasteiger partial charge on any atom is -0.462 e. The SMILES string of the molecule is C.CCCCCC1CCC(C2CCC(CC)CC2)CC1.CCCCCCCCCC(=O)O[C@H]1CC[C@@]2(C)C(=CC=C3C4CCC(C(C)CCCC(C)C)[C@@]4(C)CCC32)C1. The fraction of sp³-hybridized carbons (Fsp3) is 0.912. The standard InChI is InChI=1S/C37H62O2.C19H36.CH4/c1-7-8-9-10-11-12-13-17-35(38)39-30-22-24-36(5)29(26-30)18-19-31-33-21-20-32(28(4)16-14-15-27(2)3)37(33,6)25-23-34(31)36;1-3-5-6-7-17-10-14-19(15-11-17)18-12-8-16(4-2)9-13-18;/h18-19,27-28,30,32-34H,7-17,20-26H2,1-6H3;16-19H,3-15H2,1-2H3;1H4/t28?,30-,32?,33?,34?,36-,37+;;/m0../s1. The quantitative estimate of drug-likeness (QED) is 0.0903. The summed E-state index contributed by atoms with van der Waals surface area (Å²) in [7, 11) is 0. The van der Waals surface area contributed by atoms with Gasteiger partial charge in [-0.1, -0.05) is 202 Å². The Hall–Kier alpha value is -1.05. The van der Waals surface area contributed by atoms with Crippen LogP contribution in [-0.4, -0.2) is 12.1 Å². The highest BCUT2D eigenvalue weighted by Crippen LogP contribution is 2.66. The first-order valence-electron chi connectivity index (χ1n) is 26.6. The maximum atomic E-state index is 12.6. The van der Waals surface area contributed by atoms with E-state index in [2.05, 4.69) is 67.5 Å². The van der Waals surface area contributed by atoms with Gasteiger partial charge in [0.1, 0.15) is 6.10 Å². The summed E-state index contributed by atoms with van der Waals surface area (Å²) in [6.45, 7) is 19.5. The molecule has 0 spiro atoms. The molecule has 0 N–H and O–H groups in total. The van der Waals surface area contributed by atoms with Crippen LogP contribution < -0.4 is 0 Å². The zero-order valence-corrected chi connectivity index (χ0v) is 40.2. The molecule has 6 aliphatic rings. The first-order chi connectivity index (χ1) is 28.0. The lowest BCUT2D eigenvalue weighted by molar-refractivity contribution is -0.151. The summed E-state index contributed by atoms with van der Waals surface area (Å²) in [6.07, 6.45) is 47.1. The van der Waals surface area contributed by atoms with Crippen molar-refractivity contribution in [3.8, 4) is 0 Å². The molecule has 2 heteroatoms. The van der Waals surface area contributed by atoms with Crippen LogP contribution in [0.2, 0.25) is 0 Å². The maximum absolute atomic E-state index is 12.6. The van der Waals surface area contributed by atoms with E-state index in [0.29, 0.717) is 17.8 Å². The fourth-order valence-electron chi connectivity index (χ4n) is 14.3. The Labute approximate surface area is 369 Å². The number of carbonyl (C=O) groups is 1. The highest BCUT2D eigenvalue weighted by atomic mass is 16.5. The smallest absolute Gasteiger partial charge is 0.306 e. The van der Waals surface area contributed by atoms with Crippen LogP contribution in [0.25, 0.3) is 0 Å². The molecule has 6 aliphatic carbocycles. The van der Waals surface area contributed by atoms with Crippen molar-refractivity contribution in [3.05, 3.63) is 23.3 Å². The lowest BCUT2D eigenvalue weighted by Crippen LogP contribution is -2.46. The molecule has 0 radical (unpaired) electrons. The summed E-state index contributed by atoms with van der Waals surface area (Å²) < 4.78 is 6.04. The van der Waals surface area contributed by atoms with Gasteiger partial charge in [0.25, 0.3) is 0 Å². The second kappa shape index (κ2) is 25.3. The largest absolute Gasteiger partial charge is 0.462 e. The number of ether oxygens (including phenoxy) is 1. The van der Waals surface area contributed by atoms with Gasteiger partial charge in [-0.3, -0.25) is 4.79 Å². The summed E-state index contributed by atoms with van der Waals surface area (Å²) in [6, 6.07) is 0. The molecular formula is C57H102O2. The molecule has 2 nitrogen and oxygen atoms in total. The first-order valence-corrected chi connectivity index (χ1v) is 26.6. The van der Waals surface area contributed by atoms with Crippen molar-refractivity contribution in [3.63, 3.8) is 0 Å². The molecule has 6 rings (SSSR count). The molecule has 5 fully saturated rings. The van der Waals surface area contributed by atoms with Gasteiger partial charge >= 0.3 is 5.97 Å². The number of fused-ring (bicyclic) bond motifs is 5. The topological polar surface area (TPSA) is 26.3 Å². The monoisotopic (exact) mass is 819 g/mol. The van der Waals surface area contributed by atoms with E-state index in [1.165, 1.54) is 135 Å². The molecule has 0 bridgehead atoms. The molecule has 0 aromatic carbocycles. The summed E-state index contributed by atoms with van der Waals surface area (Å²) in [5, 5.41) is 0. The van der Waals surface area contributed by atoms with Gasteiger partial charge in [0, 0.05) is 12.8 Å². The van der Waals surface area contributed by atoms with Gasteiger partial charge in [0.15, 0.2) is 0 Å². The lowest BCUT2D eigenvalue weighted by Gasteiger charge is -2.55. The van der Waals surface area contributed by atoms with Crippen molar-refractivity contribution in [2.45, 2.75) is 268 Å². The van der Waals surface area contributed by atoms with Gasteiger partial charge in [-0.15, -0.1) is 0 Å². The number of rotatable bonds is 20. The third-order valence-electron chi connectivity index (χ3n) is 18.3. The summed E-state index contributed by atoms with van der Waals surface area (Å²) in [4.78, 5) is 12.6. The number of unbranched alkanes of at least 4 members (excludes halogenated alkanes) is 8. The molecule has 0 aromatic heterocycles. The number of allylic oxidation sites excluding steroid dienone is 3. The molecule has 4 unspecified atom stereocenters. The van der Waals surface area contributed by atoms with Crippen LogP contribution >= 0.6 is 0 Å². The van der Waals surface area contributed by atoms with E-state index < -0.39 is 0 Å². The predicted molar refractivity (Wildman–Crippen MR) is 258 cm³/mol. The van der Waals surface area contributed by atoms with Crippen LogP contribution in [0.5, 0.6) is 0 Å². The van der Waals surface area contributed by atoms with Crippen molar-refractivity contribution in [2.75, 3.05) is 0 Å². The Kier molecular flexibility index (Phi) is 21.7. The first kappa shape index (κ1) is 50.6. The zero-order chi connectivity index (χ0) is 41.5. The van der Waals surface area contributed by atoms with E-state index >= 15 is 0 Å².